The molecule has 3 fully saturated rings. The van der Waals surface area contributed by atoms with Crippen LogP contribution in [-0.4, -0.2) is 70.8 Å². The van der Waals surface area contributed by atoms with E-state index in [2.05, 4.69) is 11.8 Å². The lowest BCUT2D eigenvalue weighted by molar-refractivity contribution is -0.192. The van der Waals surface area contributed by atoms with Crippen molar-refractivity contribution in [2.45, 2.75) is 70.0 Å². The van der Waals surface area contributed by atoms with Gasteiger partial charge in [0.2, 0.25) is 0 Å². The second-order valence-electron chi connectivity index (χ2n) is 9.00. The third-order valence-corrected chi connectivity index (χ3v) is 6.57. The highest BCUT2D eigenvalue weighted by Gasteiger charge is 2.42. The van der Waals surface area contributed by atoms with E-state index in [0.717, 1.165) is 69.8 Å². The molecule has 0 bridgehead atoms. The first-order chi connectivity index (χ1) is 15.5. The number of piperidine rings is 1. The molecule has 6 nitrogen and oxygen atoms in total. The van der Waals surface area contributed by atoms with Crippen LogP contribution in [0.1, 0.15) is 44.6 Å². The predicted octanol–water partition coefficient (Wildman–Crippen LogP) is 3.84. The number of alkyl halides is 3. The van der Waals surface area contributed by atoms with E-state index in [1.807, 2.05) is 17.0 Å². The van der Waals surface area contributed by atoms with Gasteiger partial charge in [0, 0.05) is 32.2 Å². The number of aliphatic carboxylic acids is 1. The summed E-state index contributed by atoms with van der Waals surface area (Å²) in [5.41, 5.74) is 1.13. The number of carbonyl (C=O) groups excluding carboxylic acids is 1. The molecular weight excluding hydrogens is 444 g/mol. The number of carbonyl (C=O) groups is 2. The Morgan fingerprint density at radius 1 is 1.03 bits per heavy atom. The zero-order valence-corrected chi connectivity index (χ0v) is 18.6. The van der Waals surface area contributed by atoms with Gasteiger partial charge in [0.1, 0.15) is 11.9 Å². The monoisotopic (exact) mass is 474 g/mol. The quantitative estimate of drug-likeness (QED) is 0.675. The lowest BCUT2D eigenvalue weighted by atomic mass is 9.96. The molecule has 1 amide bonds. The topological polar surface area (TPSA) is 70.1 Å². The number of likely N-dealkylation sites (tertiary alicyclic amines) is 2. The van der Waals surface area contributed by atoms with Crippen molar-refractivity contribution in [3.8, 4) is 0 Å². The van der Waals surface area contributed by atoms with Crippen LogP contribution in [0.25, 0.3) is 0 Å². The average molecular weight is 474 g/mol. The van der Waals surface area contributed by atoms with Crippen LogP contribution in [-0.2, 0) is 20.9 Å². The number of halogens is 4. The van der Waals surface area contributed by atoms with Crippen molar-refractivity contribution in [1.29, 1.82) is 0 Å². The van der Waals surface area contributed by atoms with Crippen molar-refractivity contribution in [3.63, 3.8) is 0 Å². The molecule has 4 rings (SSSR count). The molecule has 3 heterocycles. The molecule has 33 heavy (non-hydrogen) atoms. The van der Waals surface area contributed by atoms with Crippen LogP contribution in [0.15, 0.2) is 24.3 Å². The number of carboxylic acids is 1. The van der Waals surface area contributed by atoms with E-state index in [4.69, 9.17) is 14.6 Å². The summed E-state index contributed by atoms with van der Waals surface area (Å²) in [5.74, 6) is -2.02. The minimum absolute atomic E-state index is 0.155. The van der Waals surface area contributed by atoms with E-state index in [-0.39, 0.29) is 23.9 Å². The maximum atomic E-state index is 13.1. The molecule has 10 heteroatoms. The van der Waals surface area contributed by atoms with Crippen LogP contribution in [0.2, 0.25) is 0 Å². The highest BCUT2D eigenvalue weighted by atomic mass is 19.4. The standard InChI is InChI=1S/C21H29FN2O2.C2HF3O2/c1-15-8-11-23(12-9-15)21(25)20-7-6-18-19(26-20)10-13-24(18)14-16-2-4-17(22)5-3-16;3-2(4,5)1(6)7/h2-5,15,18-20H,6-14H2,1H3;(H,6,7)/t18-,19-,20-;/m1./s1. The van der Waals surface area contributed by atoms with Crippen LogP contribution in [0.3, 0.4) is 0 Å². The van der Waals surface area contributed by atoms with E-state index >= 15 is 0 Å². The number of nitrogens with zero attached hydrogens (tertiary/aromatic N) is 2. The van der Waals surface area contributed by atoms with Crippen LogP contribution < -0.4 is 0 Å². The highest BCUT2D eigenvalue weighted by Crippen LogP contribution is 2.33. The zero-order valence-electron chi connectivity index (χ0n) is 18.6. The fourth-order valence-electron chi connectivity index (χ4n) is 4.65. The first-order valence-electron chi connectivity index (χ1n) is 11.3. The first-order valence-corrected chi connectivity index (χ1v) is 11.3. The number of hydrogen-bond donors (Lipinski definition) is 1. The van der Waals surface area contributed by atoms with Gasteiger partial charge in [0.15, 0.2) is 0 Å². The molecule has 0 saturated carbocycles. The second-order valence-corrected chi connectivity index (χ2v) is 9.00. The molecule has 0 radical (unpaired) electrons. The Morgan fingerprint density at radius 3 is 2.21 bits per heavy atom. The fraction of sp³-hybridized carbons (Fsp3) is 0.652. The largest absolute Gasteiger partial charge is 0.490 e. The molecule has 0 aliphatic carbocycles. The Morgan fingerprint density at radius 2 is 1.64 bits per heavy atom. The van der Waals surface area contributed by atoms with E-state index < -0.39 is 12.1 Å². The van der Waals surface area contributed by atoms with Gasteiger partial charge in [0.05, 0.1) is 6.10 Å². The molecule has 0 spiro atoms. The van der Waals surface area contributed by atoms with Crippen LogP contribution >= 0.6 is 0 Å². The Balaban J connectivity index is 0.000000383. The van der Waals surface area contributed by atoms with E-state index in [1.54, 1.807) is 0 Å². The molecular formula is C23H30F4N2O4. The number of fused-ring (bicyclic) bond motifs is 1. The molecule has 3 atom stereocenters. The van der Waals surface area contributed by atoms with Gasteiger partial charge >= 0.3 is 12.1 Å². The molecule has 3 saturated heterocycles. The van der Waals surface area contributed by atoms with Crippen LogP contribution in [0, 0.1) is 11.7 Å². The maximum Gasteiger partial charge on any atom is 0.490 e. The second kappa shape index (κ2) is 10.8. The van der Waals surface area contributed by atoms with Crippen molar-refractivity contribution < 1.29 is 37.0 Å². The summed E-state index contributed by atoms with van der Waals surface area (Å²) in [6.45, 7) is 5.83. The summed E-state index contributed by atoms with van der Waals surface area (Å²) in [6.07, 6.45) is -0.172. The summed E-state index contributed by atoms with van der Waals surface area (Å²) in [4.78, 5) is 26.1. The molecule has 0 unspecified atom stereocenters. The van der Waals surface area contributed by atoms with E-state index in [0.29, 0.717) is 6.04 Å². The Labute approximate surface area is 190 Å². The van der Waals surface area contributed by atoms with Crippen molar-refractivity contribution in [1.82, 2.24) is 9.80 Å². The maximum absolute atomic E-state index is 13.1. The van der Waals surface area contributed by atoms with Crippen LogP contribution in [0.4, 0.5) is 17.6 Å². The normalized spacial score (nSPS) is 26.3. The molecule has 184 valence electrons. The third kappa shape index (κ3) is 6.89. The summed E-state index contributed by atoms with van der Waals surface area (Å²) in [7, 11) is 0. The number of hydrogen-bond acceptors (Lipinski definition) is 4. The Hall–Kier alpha value is -2.20. The first kappa shape index (κ1) is 25.4. The lowest BCUT2D eigenvalue weighted by Gasteiger charge is -2.38. The van der Waals surface area contributed by atoms with Gasteiger partial charge < -0.3 is 14.7 Å². The van der Waals surface area contributed by atoms with Crippen molar-refractivity contribution in [3.05, 3.63) is 35.6 Å². The van der Waals surface area contributed by atoms with Gasteiger partial charge in [-0.1, -0.05) is 19.1 Å². The van der Waals surface area contributed by atoms with Gasteiger partial charge in [0.25, 0.3) is 5.91 Å². The number of benzene rings is 1. The summed E-state index contributed by atoms with van der Waals surface area (Å²) in [5, 5.41) is 7.12. The lowest BCUT2D eigenvalue weighted by Crippen LogP contribution is -2.50. The SMILES string of the molecule is CC1CCN(C(=O)[C@H]2CC[C@@H]3[C@@H](CCN3Cc3ccc(F)cc3)O2)CC1.O=C(O)C(F)(F)F. The molecule has 1 aromatic carbocycles. The van der Waals surface area contributed by atoms with E-state index in [9.17, 15) is 22.4 Å². The predicted molar refractivity (Wildman–Crippen MR) is 112 cm³/mol. The van der Waals surface area contributed by atoms with Crippen LogP contribution in [0.5, 0.6) is 0 Å². The minimum Gasteiger partial charge on any atom is -0.475 e. The summed E-state index contributed by atoms with van der Waals surface area (Å²) >= 11 is 0. The van der Waals surface area contributed by atoms with Gasteiger partial charge in [-0.2, -0.15) is 13.2 Å². The summed E-state index contributed by atoms with van der Waals surface area (Å²) < 4.78 is 51.1. The fourth-order valence-corrected chi connectivity index (χ4v) is 4.65. The average Bonchev–Trinajstić information content (AvgIpc) is 3.17. The van der Waals surface area contributed by atoms with Gasteiger partial charge in [-0.3, -0.25) is 9.69 Å². The Kier molecular flexibility index (Phi) is 8.33. The smallest absolute Gasteiger partial charge is 0.475 e. The van der Waals surface area contributed by atoms with Gasteiger partial charge in [-0.25, -0.2) is 9.18 Å². The molecule has 1 aromatic rings. The minimum atomic E-state index is -5.08. The molecule has 0 aromatic heterocycles. The van der Waals surface area contributed by atoms with Crippen molar-refractivity contribution in [2.75, 3.05) is 19.6 Å². The van der Waals surface area contributed by atoms with Crippen molar-refractivity contribution >= 4 is 11.9 Å². The highest BCUT2D eigenvalue weighted by molar-refractivity contribution is 5.81. The number of ether oxygens (including phenoxy) is 1. The third-order valence-electron chi connectivity index (χ3n) is 6.57. The molecule has 3 aliphatic rings. The number of rotatable bonds is 3. The van der Waals surface area contributed by atoms with Crippen molar-refractivity contribution in [2.24, 2.45) is 5.92 Å². The zero-order chi connectivity index (χ0) is 24.2. The van der Waals surface area contributed by atoms with E-state index in [1.165, 1.54) is 12.1 Å². The Bertz CT molecular complexity index is 810. The summed E-state index contributed by atoms with van der Waals surface area (Å²) in [6, 6.07) is 7.14. The van der Waals surface area contributed by atoms with Gasteiger partial charge in [-0.05, 0) is 55.7 Å². The van der Waals surface area contributed by atoms with Gasteiger partial charge in [-0.15, -0.1) is 0 Å². The number of amides is 1. The molecule has 1 N–H and O–H groups in total. The molecule has 3 aliphatic heterocycles. The number of carboxylic acid groups (broad SMARTS) is 1.